The molecule has 0 saturated carbocycles. The van der Waals surface area contributed by atoms with E-state index in [0.29, 0.717) is 0 Å². The Labute approximate surface area is 102 Å². The average Bonchev–Trinajstić information content (AvgIpc) is 2.74. The fraction of sp³-hybridized carbons (Fsp3) is 0.182. The van der Waals surface area contributed by atoms with Gasteiger partial charge in [0.15, 0.2) is 10.9 Å². The Morgan fingerprint density at radius 1 is 1.18 bits per heavy atom. The predicted octanol–water partition coefficient (Wildman–Crippen LogP) is 1.17. The fourth-order valence-corrected chi connectivity index (χ4v) is 1.33. The van der Waals surface area contributed by atoms with Gasteiger partial charge in [-0.25, -0.2) is 13.6 Å². The lowest BCUT2D eigenvalue weighted by Gasteiger charge is -2.02. The number of H-pyrrole nitrogens is 1. The summed E-state index contributed by atoms with van der Waals surface area (Å²) >= 11 is 0. The highest BCUT2D eigenvalue weighted by molar-refractivity contribution is 7.69. The molecule has 6 heteroatoms. The van der Waals surface area contributed by atoms with Gasteiger partial charge >= 0.3 is 0 Å². The van der Waals surface area contributed by atoms with Gasteiger partial charge in [0.2, 0.25) is 0 Å². The van der Waals surface area contributed by atoms with Crippen LogP contribution in [0.5, 0.6) is 0 Å². The standard InChI is InChI=1S/C11H12N2.H3NO2S/c1-8-3-4-10(5-9(8)2)11-6-12-13-7-11;1-4(2)3/h3-7H,1-2H3,(H,12,13);4H,(H2,1,2,3). The van der Waals surface area contributed by atoms with Crippen LogP contribution in [0.15, 0.2) is 30.6 Å². The van der Waals surface area contributed by atoms with E-state index in [1.54, 1.807) is 0 Å². The van der Waals surface area contributed by atoms with E-state index in [1.807, 2.05) is 12.4 Å². The van der Waals surface area contributed by atoms with Crippen LogP contribution in [0.4, 0.5) is 0 Å². The second-order valence-corrected chi connectivity index (χ2v) is 4.14. The molecule has 0 amide bonds. The summed E-state index contributed by atoms with van der Waals surface area (Å²) in [5.74, 6) is 0. The smallest absolute Gasteiger partial charge is 0.198 e. The monoisotopic (exact) mass is 253 g/mol. The van der Waals surface area contributed by atoms with Crippen molar-refractivity contribution in [3.05, 3.63) is 41.7 Å². The Bertz CT molecular complexity index is 540. The molecule has 0 aliphatic carbocycles. The average molecular weight is 253 g/mol. The van der Waals surface area contributed by atoms with Gasteiger partial charge in [-0.2, -0.15) is 5.10 Å². The van der Waals surface area contributed by atoms with Crippen molar-refractivity contribution < 1.29 is 8.42 Å². The third-order valence-corrected chi connectivity index (χ3v) is 2.34. The normalized spacial score (nSPS) is 9.88. The Morgan fingerprint density at radius 3 is 2.29 bits per heavy atom. The molecule has 5 nitrogen and oxygen atoms in total. The summed E-state index contributed by atoms with van der Waals surface area (Å²) in [6.45, 7) is 4.24. The van der Waals surface area contributed by atoms with Crippen LogP contribution in [0.3, 0.4) is 0 Å². The van der Waals surface area contributed by atoms with Gasteiger partial charge in [-0.1, -0.05) is 18.2 Å². The van der Waals surface area contributed by atoms with Gasteiger partial charge < -0.3 is 0 Å². The maximum atomic E-state index is 8.81. The van der Waals surface area contributed by atoms with Crippen LogP contribution in [0.2, 0.25) is 0 Å². The van der Waals surface area contributed by atoms with Gasteiger partial charge in [0, 0.05) is 11.8 Å². The molecular formula is C11H15N3O2S. The van der Waals surface area contributed by atoms with E-state index in [0.717, 1.165) is 5.56 Å². The number of rotatable bonds is 1. The number of nitrogens with two attached hydrogens (primary N) is 1. The second kappa shape index (κ2) is 6.17. The predicted molar refractivity (Wildman–Crippen MR) is 68.0 cm³/mol. The molecule has 92 valence electrons. The van der Waals surface area contributed by atoms with E-state index < -0.39 is 10.9 Å². The first kappa shape index (κ1) is 13.4. The Hall–Kier alpha value is -1.66. The van der Waals surface area contributed by atoms with E-state index in [1.165, 1.54) is 16.7 Å². The van der Waals surface area contributed by atoms with Crippen LogP contribution in [0.1, 0.15) is 11.1 Å². The lowest BCUT2D eigenvalue weighted by molar-refractivity contribution is 0.616. The highest BCUT2D eigenvalue weighted by atomic mass is 32.2. The molecule has 0 unspecified atom stereocenters. The summed E-state index contributed by atoms with van der Waals surface area (Å²) in [5.41, 5.74) is 5.01. The summed E-state index contributed by atoms with van der Waals surface area (Å²) in [6, 6.07) is 6.44. The summed E-state index contributed by atoms with van der Waals surface area (Å²) in [6.07, 6.45) is 3.74. The van der Waals surface area contributed by atoms with Gasteiger partial charge in [0.1, 0.15) is 0 Å². The largest absolute Gasteiger partial charge is 0.285 e. The van der Waals surface area contributed by atoms with Crippen molar-refractivity contribution in [2.24, 2.45) is 5.14 Å². The molecule has 0 atom stereocenters. The Balaban J connectivity index is 0.000000317. The first-order chi connectivity index (χ1) is 8.00. The van der Waals surface area contributed by atoms with Crippen molar-refractivity contribution >= 4 is 10.9 Å². The molecule has 17 heavy (non-hydrogen) atoms. The number of aromatic nitrogens is 2. The van der Waals surface area contributed by atoms with Crippen LogP contribution in [-0.4, -0.2) is 18.6 Å². The quantitative estimate of drug-likeness (QED) is 0.666. The van der Waals surface area contributed by atoms with E-state index in [-0.39, 0.29) is 0 Å². The molecule has 0 radical (unpaired) electrons. The van der Waals surface area contributed by atoms with Crippen molar-refractivity contribution in [3.8, 4) is 11.1 Å². The van der Waals surface area contributed by atoms with Crippen molar-refractivity contribution in [2.45, 2.75) is 13.8 Å². The first-order valence-corrected chi connectivity index (χ1v) is 6.21. The van der Waals surface area contributed by atoms with E-state index in [2.05, 4.69) is 47.4 Å². The lowest BCUT2D eigenvalue weighted by atomic mass is 10.0. The third-order valence-electron chi connectivity index (χ3n) is 2.34. The van der Waals surface area contributed by atoms with E-state index in [9.17, 15) is 0 Å². The molecule has 0 saturated heterocycles. The molecule has 0 aliphatic heterocycles. The number of benzene rings is 1. The van der Waals surface area contributed by atoms with E-state index in [4.69, 9.17) is 8.42 Å². The number of nitrogens with zero attached hydrogens (tertiary/aromatic N) is 1. The summed E-state index contributed by atoms with van der Waals surface area (Å²) in [5, 5.41) is 10.8. The maximum Gasteiger partial charge on any atom is 0.198 e. The number of thiol groups is 1. The van der Waals surface area contributed by atoms with Crippen LogP contribution in [0, 0.1) is 13.8 Å². The molecule has 2 aromatic rings. The number of aryl methyl sites for hydroxylation is 2. The topological polar surface area (TPSA) is 88.8 Å². The molecule has 3 N–H and O–H groups in total. The highest BCUT2D eigenvalue weighted by Gasteiger charge is 1.99. The number of nitrogens with one attached hydrogen (secondary N) is 1. The van der Waals surface area contributed by atoms with Crippen molar-refractivity contribution in [1.82, 2.24) is 10.2 Å². The highest BCUT2D eigenvalue weighted by Crippen LogP contribution is 2.20. The molecular weight excluding hydrogens is 238 g/mol. The fourth-order valence-electron chi connectivity index (χ4n) is 1.33. The summed E-state index contributed by atoms with van der Waals surface area (Å²) < 4.78 is 17.6. The summed E-state index contributed by atoms with van der Waals surface area (Å²) in [4.78, 5) is 0. The van der Waals surface area contributed by atoms with Crippen LogP contribution in [-0.2, 0) is 10.9 Å². The van der Waals surface area contributed by atoms with Crippen LogP contribution < -0.4 is 5.14 Å². The Morgan fingerprint density at radius 2 is 1.82 bits per heavy atom. The molecule has 1 aromatic heterocycles. The van der Waals surface area contributed by atoms with Crippen molar-refractivity contribution in [3.63, 3.8) is 0 Å². The maximum absolute atomic E-state index is 8.81. The minimum absolute atomic E-state index is 1.14. The van der Waals surface area contributed by atoms with Gasteiger partial charge in [0.05, 0.1) is 6.20 Å². The Kier molecular flexibility index (Phi) is 4.86. The molecule has 0 aliphatic rings. The van der Waals surface area contributed by atoms with Gasteiger partial charge in [-0.15, -0.1) is 0 Å². The number of hydrogen-bond donors (Lipinski definition) is 3. The molecule has 0 spiro atoms. The summed E-state index contributed by atoms with van der Waals surface area (Å²) in [7, 11) is -2.62. The van der Waals surface area contributed by atoms with E-state index >= 15 is 0 Å². The minimum atomic E-state index is -2.62. The van der Waals surface area contributed by atoms with Crippen LogP contribution >= 0.6 is 0 Å². The minimum Gasteiger partial charge on any atom is -0.285 e. The molecule has 1 aromatic carbocycles. The zero-order valence-electron chi connectivity index (χ0n) is 9.68. The van der Waals surface area contributed by atoms with Crippen molar-refractivity contribution in [2.75, 3.05) is 0 Å². The lowest BCUT2D eigenvalue weighted by Crippen LogP contribution is -1.85. The zero-order chi connectivity index (χ0) is 12.8. The van der Waals surface area contributed by atoms with Gasteiger partial charge in [-0.05, 0) is 30.5 Å². The molecule has 0 fully saturated rings. The van der Waals surface area contributed by atoms with Crippen LogP contribution in [0.25, 0.3) is 11.1 Å². The van der Waals surface area contributed by atoms with Gasteiger partial charge in [-0.3, -0.25) is 5.10 Å². The molecule has 1 heterocycles. The molecule has 2 rings (SSSR count). The number of aromatic amines is 1. The van der Waals surface area contributed by atoms with Crippen molar-refractivity contribution in [1.29, 1.82) is 0 Å². The number of hydrogen-bond acceptors (Lipinski definition) is 3. The molecule has 0 bridgehead atoms. The van der Waals surface area contributed by atoms with Gasteiger partial charge in [0.25, 0.3) is 0 Å². The third kappa shape index (κ3) is 4.38. The second-order valence-electron chi connectivity index (χ2n) is 3.57. The first-order valence-electron chi connectivity index (χ1n) is 4.96. The zero-order valence-corrected chi connectivity index (χ0v) is 10.6. The SMILES string of the molecule is Cc1ccc(-c2cn[nH]c2)cc1C.N[SH](=O)=O.